The van der Waals surface area contributed by atoms with Gasteiger partial charge in [-0.15, -0.1) is 24.2 Å². The van der Waals surface area contributed by atoms with Crippen LogP contribution in [0.1, 0.15) is 12.8 Å². The molecule has 1 saturated heterocycles. The number of likely N-dealkylation sites (N-methyl/N-ethyl adjacent to an activating group) is 1. The second kappa shape index (κ2) is 8.78. The molecule has 112 valence electrons. The van der Waals surface area contributed by atoms with Gasteiger partial charge in [0.15, 0.2) is 0 Å². The summed E-state index contributed by atoms with van der Waals surface area (Å²) < 4.78 is 0. The zero-order valence-corrected chi connectivity index (χ0v) is 13.9. The number of hydrogen-bond acceptors (Lipinski definition) is 3. The number of thioether (sulfide) groups is 1. The largest absolute Gasteiger partial charge is 0.341 e. The maximum Gasteiger partial charge on any atom is 0.223 e. The molecule has 0 radical (unpaired) electrons. The standard InChI is InChI=1S/C14H19ClN2OS.ClH/c1-17(11-6-8-16-10-11)14(18)7-9-19-13-5-3-2-4-12(13)15;/h2-5,11,16H,6-10H2,1H3;1H. The highest BCUT2D eigenvalue weighted by Crippen LogP contribution is 2.27. The number of carbonyl (C=O) groups excluding carboxylic acids is 1. The van der Waals surface area contributed by atoms with Crippen molar-refractivity contribution in [2.75, 3.05) is 25.9 Å². The second-order valence-electron chi connectivity index (χ2n) is 4.68. The molecule has 1 aliphatic heterocycles. The molecular weight excluding hydrogens is 315 g/mol. The fourth-order valence-corrected chi connectivity index (χ4v) is 3.34. The summed E-state index contributed by atoms with van der Waals surface area (Å²) in [6.45, 7) is 1.93. The minimum Gasteiger partial charge on any atom is -0.341 e. The Morgan fingerprint density at radius 2 is 2.25 bits per heavy atom. The van der Waals surface area contributed by atoms with E-state index in [0.29, 0.717) is 12.5 Å². The zero-order valence-electron chi connectivity index (χ0n) is 11.5. The van der Waals surface area contributed by atoms with Crippen LogP contribution in [0.25, 0.3) is 0 Å². The summed E-state index contributed by atoms with van der Waals surface area (Å²) in [7, 11) is 1.90. The normalized spacial score (nSPS) is 17.6. The molecule has 1 N–H and O–H groups in total. The predicted octanol–water partition coefficient (Wildman–Crippen LogP) is 3.06. The number of nitrogens with one attached hydrogen (secondary N) is 1. The van der Waals surface area contributed by atoms with E-state index in [1.165, 1.54) is 0 Å². The van der Waals surface area contributed by atoms with Crippen molar-refractivity contribution in [1.82, 2.24) is 10.2 Å². The fourth-order valence-electron chi connectivity index (χ4n) is 2.16. The SMILES string of the molecule is CN(C(=O)CCSc1ccccc1Cl)C1CCNC1.Cl. The molecule has 2 rings (SSSR count). The minimum absolute atomic E-state index is 0. The molecule has 0 bridgehead atoms. The smallest absolute Gasteiger partial charge is 0.223 e. The number of nitrogens with zero attached hydrogens (tertiary/aromatic N) is 1. The maximum atomic E-state index is 12.1. The molecule has 20 heavy (non-hydrogen) atoms. The van der Waals surface area contributed by atoms with Gasteiger partial charge in [0.2, 0.25) is 5.91 Å². The van der Waals surface area contributed by atoms with Gasteiger partial charge in [0, 0.05) is 36.7 Å². The van der Waals surface area contributed by atoms with Crippen molar-refractivity contribution in [1.29, 1.82) is 0 Å². The van der Waals surface area contributed by atoms with Crippen LogP contribution in [0.3, 0.4) is 0 Å². The van der Waals surface area contributed by atoms with Crippen molar-refractivity contribution in [2.24, 2.45) is 0 Å². The van der Waals surface area contributed by atoms with Crippen molar-refractivity contribution in [3.8, 4) is 0 Å². The molecular formula is C14H20Cl2N2OS. The molecule has 1 heterocycles. The lowest BCUT2D eigenvalue weighted by molar-refractivity contribution is -0.131. The molecule has 1 unspecified atom stereocenters. The van der Waals surface area contributed by atoms with Crippen molar-refractivity contribution >= 4 is 41.7 Å². The Balaban J connectivity index is 0.00000200. The summed E-state index contributed by atoms with van der Waals surface area (Å²) in [5.74, 6) is 0.987. The van der Waals surface area contributed by atoms with Crippen LogP contribution < -0.4 is 5.32 Å². The average Bonchev–Trinajstić information content (AvgIpc) is 2.94. The van der Waals surface area contributed by atoms with E-state index in [1.54, 1.807) is 11.8 Å². The number of rotatable bonds is 5. The van der Waals surface area contributed by atoms with Crippen LogP contribution in [0, 0.1) is 0 Å². The summed E-state index contributed by atoms with van der Waals surface area (Å²) in [6, 6.07) is 8.10. The lowest BCUT2D eigenvalue weighted by Crippen LogP contribution is -2.38. The van der Waals surface area contributed by atoms with Gasteiger partial charge in [-0.2, -0.15) is 0 Å². The van der Waals surface area contributed by atoms with Gasteiger partial charge in [0.1, 0.15) is 0 Å². The monoisotopic (exact) mass is 334 g/mol. The van der Waals surface area contributed by atoms with Gasteiger partial charge in [-0.1, -0.05) is 23.7 Å². The van der Waals surface area contributed by atoms with Crippen molar-refractivity contribution < 1.29 is 4.79 Å². The molecule has 0 aromatic heterocycles. The zero-order chi connectivity index (χ0) is 13.7. The van der Waals surface area contributed by atoms with E-state index >= 15 is 0 Å². The van der Waals surface area contributed by atoms with E-state index < -0.39 is 0 Å². The van der Waals surface area contributed by atoms with Gasteiger partial charge in [-0.25, -0.2) is 0 Å². The maximum absolute atomic E-state index is 12.1. The van der Waals surface area contributed by atoms with Gasteiger partial charge < -0.3 is 10.2 Å². The third-order valence-corrected chi connectivity index (χ3v) is 4.90. The highest BCUT2D eigenvalue weighted by atomic mass is 35.5. The van der Waals surface area contributed by atoms with E-state index in [9.17, 15) is 4.79 Å². The molecule has 1 atom stereocenters. The molecule has 0 saturated carbocycles. The highest BCUT2D eigenvalue weighted by molar-refractivity contribution is 7.99. The second-order valence-corrected chi connectivity index (χ2v) is 6.22. The van der Waals surface area contributed by atoms with Crippen molar-refractivity contribution in [2.45, 2.75) is 23.8 Å². The Morgan fingerprint density at radius 1 is 1.50 bits per heavy atom. The lowest BCUT2D eigenvalue weighted by Gasteiger charge is -2.23. The van der Waals surface area contributed by atoms with Gasteiger partial charge in [-0.3, -0.25) is 4.79 Å². The molecule has 1 aromatic rings. The van der Waals surface area contributed by atoms with E-state index in [0.717, 1.165) is 35.2 Å². The molecule has 3 nitrogen and oxygen atoms in total. The third kappa shape index (κ3) is 4.85. The van der Waals surface area contributed by atoms with Crippen LogP contribution in [0.4, 0.5) is 0 Å². The molecule has 1 aliphatic rings. The van der Waals surface area contributed by atoms with Gasteiger partial charge >= 0.3 is 0 Å². The highest BCUT2D eigenvalue weighted by Gasteiger charge is 2.22. The van der Waals surface area contributed by atoms with Crippen LogP contribution in [-0.4, -0.2) is 42.7 Å². The Hall–Kier alpha value is -0.420. The van der Waals surface area contributed by atoms with Gasteiger partial charge in [0.25, 0.3) is 0 Å². The summed E-state index contributed by atoms with van der Waals surface area (Å²) in [5, 5.41) is 4.04. The first-order chi connectivity index (χ1) is 9.18. The Kier molecular flexibility index (Phi) is 7.74. The minimum atomic E-state index is 0. The van der Waals surface area contributed by atoms with Gasteiger partial charge in [-0.05, 0) is 25.1 Å². The van der Waals surface area contributed by atoms with Crippen molar-refractivity contribution in [3.63, 3.8) is 0 Å². The Morgan fingerprint density at radius 3 is 2.90 bits per heavy atom. The number of halogens is 2. The molecule has 1 aromatic carbocycles. The Labute approximate surface area is 135 Å². The Bertz CT molecular complexity index is 439. The van der Waals surface area contributed by atoms with E-state index in [2.05, 4.69) is 5.32 Å². The van der Waals surface area contributed by atoms with Gasteiger partial charge in [0.05, 0.1) is 5.02 Å². The van der Waals surface area contributed by atoms with E-state index in [4.69, 9.17) is 11.6 Å². The summed E-state index contributed by atoms with van der Waals surface area (Å²) in [5.41, 5.74) is 0. The fraction of sp³-hybridized carbons (Fsp3) is 0.500. The molecule has 0 aliphatic carbocycles. The van der Waals surface area contributed by atoms with Crippen molar-refractivity contribution in [3.05, 3.63) is 29.3 Å². The van der Waals surface area contributed by atoms with E-state index in [1.807, 2.05) is 36.2 Å². The van der Waals surface area contributed by atoms with Crippen LogP contribution in [0.15, 0.2) is 29.2 Å². The number of carbonyl (C=O) groups is 1. The van der Waals surface area contributed by atoms with Crippen LogP contribution in [0.2, 0.25) is 5.02 Å². The summed E-state index contributed by atoms with van der Waals surface area (Å²) >= 11 is 7.72. The topological polar surface area (TPSA) is 32.3 Å². The summed E-state index contributed by atoms with van der Waals surface area (Å²) in [6.07, 6.45) is 1.61. The molecule has 1 amide bonds. The average molecular weight is 335 g/mol. The van der Waals surface area contributed by atoms with Crippen LogP contribution in [0.5, 0.6) is 0 Å². The van der Waals surface area contributed by atoms with Crippen LogP contribution in [-0.2, 0) is 4.79 Å². The quantitative estimate of drug-likeness (QED) is 0.840. The van der Waals surface area contributed by atoms with Crippen LogP contribution >= 0.6 is 35.8 Å². The number of benzene rings is 1. The number of amides is 1. The van der Waals surface area contributed by atoms with E-state index in [-0.39, 0.29) is 18.3 Å². The third-order valence-electron chi connectivity index (χ3n) is 3.39. The lowest BCUT2D eigenvalue weighted by atomic mass is 10.2. The first kappa shape index (κ1) is 17.6. The molecule has 0 spiro atoms. The number of hydrogen-bond donors (Lipinski definition) is 1. The first-order valence-electron chi connectivity index (χ1n) is 6.52. The molecule has 6 heteroatoms. The predicted molar refractivity (Wildman–Crippen MR) is 88.1 cm³/mol. The summed E-state index contributed by atoms with van der Waals surface area (Å²) in [4.78, 5) is 15.0. The first-order valence-corrected chi connectivity index (χ1v) is 7.88. The molecule has 1 fully saturated rings.